The maximum absolute atomic E-state index is 14.6. The number of rotatable bonds is 15. The molecule has 2 aliphatic heterocycles. The molecule has 36 heavy (non-hydrogen) atoms. The van der Waals surface area contributed by atoms with E-state index >= 15 is 0 Å². The van der Waals surface area contributed by atoms with Gasteiger partial charge >= 0.3 is 0 Å². The van der Waals surface area contributed by atoms with E-state index in [0.717, 1.165) is 24.3 Å². The van der Waals surface area contributed by atoms with Crippen molar-refractivity contribution in [1.82, 2.24) is 0 Å². The average Bonchev–Trinajstić information content (AvgIpc) is 3.83. The molecule has 0 spiro atoms. The van der Waals surface area contributed by atoms with E-state index < -0.39 is 5.82 Å². The van der Waals surface area contributed by atoms with Gasteiger partial charge in [0.25, 0.3) is 0 Å². The van der Waals surface area contributed by atoms with Gasteiger partial charge in [0.2, 0.25) is 6.79 Å². The number of ether oxygens (including phenoxy) is 8. The first-order valence-electron chi connectivity index (χ1n) is 11.6. The third-order valence-electron chi connectivity index (χ3n) is 5.41. The molecule has 0 amide bonds. The minimum atomic E-state index is -0.479. The molecule has 2 unspecified atom stereocenters. The molecule has 2 aliphatic rings. The molecule has 0 aromatic heterocycles. The van der Waals surface area contributed by atoms with Gasteiger partial charge in [-0.3, -0.25) is 0 Å². The van der Waals surface area contributed by atoms with E-state index in [9.17, 15) is 4.39 Å². The molecule has 2 saturated heterocycles. The van der Waals surface area contributed by atoms with Crippen molar-refractivity contribution >= 4 is 0 Å². The fourth-order valence-electron chi connectivity index (χ4n) is 3.24. The van der Waals surface area contributed by atoms with Crippen molar-refractivity contribution in [2.75, 3.05) is 46.8 Å². The van der Waals surface area contributed by atoms with Crippen LogP contribution >= 0.6 is 0 Å². The molecule has 0 bridgehead atoms. The molecule has 2 heterocycles. The normalized spacial score (nSPS) is 17.9. The van der Waals surface area contributed by atoms with Crippen molar-refractivity contribution in [2.45, 2.75) is 12.2 Å². The Balaban J connectivity index is 1.04. The second kappa shape index (κ2) is 12.0. The van der Waals surface area contributed by atoms with Crippen LogP contribution in [0.5, 0.6) is 23.0 Å². The van der Waals surface area contributed by atoms with E-state index in [1.165, 1.54) is 6.07 Å². The first-order valence-corrected chi connectivity index (χ1v) is 11.6. The summed E-state index contributed by atoms with van der Waals surface area (Å²) >= 11 is 0. The van der Waals surface area contributed by atoms with Gasteiger partial charge in [-0.2, -0.15) is 0 Å². The summed E-state index contributed by atoms with van der Waals surface area (Å²) in [5.74, 6) is 1.52. The first kappa shape index (κ1) is 24.3. The second-order valence-electron chi connectivity index (χ2n) is 8.22. The summed E-state index contributed by atoms with van der Waals surface area (Å²) in [5, 5.41) is 0. The first-order chi connectivity index (χ1) is 17.7. The summed E-state index contributed by atoms with van der Waals surface area (Å²) in [7, 11) is 0. The second-order valence-corrected chi connectivity index (χ2v) is 8.22. The Morgan fingerprint density at radius 2 is 1.08 bits per heavy atom. The summed E-state index contributed by atoms with van der Waals surface area (Å²) in [4.78, 5) is 0. The Morgan fingerprint density at radius 3 is 1.58 bits per heavy atom. The van der Waals surface area contributed by atoms with Gasteiger partial charge in [0.05, 0.1) is 26.4 Å². The van der Waals surface area contributed by atoms with E-state index in [1.807, 2.05) is 24.3 Å². The van der Waals surface area contributed by atoms with Gasteiger partial charge in [0.15, 0.2) is 25.2 Å². The summed E-state index contributed by atoms with van der Waals surface area (Å²) < 4.78 is 57.5. The molecular weight excluding hydrogens is 471 g/mol. The summed E-state index contributed by atoms with van der Waals surface area (Å²) in [6.45, 7) is 2.74. The van der Waals surface area contributed by atoms with Crippen LogP contribution in [0.1, 0.15) is 0 Å². The maximum atomic E-state index is 14.6. The van der Waals surface area contributed by atoms with Crippen molar-refractivity contribution < 1.29 is 42.3 Å². The third-order valence-corrected chi connectivity index (χ3v) is 5.41. The molecule has 9 heteroatoms. The van der Waals surface area contributed by atoms with Gasteiger partial charge in [-0.25, -0.2) is 4.39 Å². The molecule has 5 rings (SSSR count). The minimum Gasteiger partial charge on any atom is -0.468 e. The molecule has 2 fully saturated rings. The highest BCUT2D eigenvalue weighted by Gasteiger charge is 2.22. The monoisotopic (exact) mass is 498 g/mol. The van der Waals surface area contributed by atoms with Crippen LogP contribution in [0.15, 0.2) is 66.7 Å². The van der Waals surface area contributed by atoms with Crippen molar-refractivity contribution in [2.24, 2.45) is 0 Å². The fraction of sp³-hybridized carbons (Fsp3) is 0.333. The molecular formula is C27H27FO8. The van der Waals surface area contributed by atoms with Crippen LogP contribution in [0.2, 0.25) is 0 Å². The molecule has 3 aromatic carbocycles. The molecule has 0 aliphatic carbocycles. The zero-order valence-corrected chi connectivity index (χ0v) is 19.6. The number of hydrogen-bond acceptors (Lipinski definition) is 8. The van der Waals surface area contributed by atoms with Crippen LogP contribution < -0.4 is 18.9 Å². The van der Waals surface area contributed by atoms with Crippen LogP contribution in [-0.2, 0) is 18.9 Å². The maximum Gasteiger partial charge on any atom is 0.231 e. The van der Waals surface area contributed by atoms with Gasteiger partial charge in [-0.05, 0) is 59.7 Å². The quantitative estimate of drug-likeness (QED) is 0.173. The fourth-order valence-corrected chi connectivity index (χ4v) is 3.24. The third kappa shape index (κ3) is 7.56. The number of epoxide rings is 2. The highest BCUT2D eigenvalue weighted by atomic mass is 19.1. The van der Waals surface area contributed by atoms with Gasteiger partial charge in [0, 0.05) is 0 Å². The van der Waals surface area contributed by atoms with E-state index in [-0.39, 0.29) is 38.3 Å². The molecule has 0 N–H and O–H groups in total. The van der Waals surface area contributed by atoms with Crippen molar-refractivity contribution in [3.63, 3.8) is 0 Å². The Kier molecular flexibility index (Phi) is 8.14. The standard InChI is InChI=1S/C27H27FO8/c28-26-11-20(19-1-4-21(5-2-19)33-16-29-12-24-14-31-24)3-10-27(26)36-18-35-23-8-6-22(7-9-23)34-17-30-13-25-15-32-25/h1-11,24-25H,12-18H2. The molecule has 0 saturated carbocycles. The Hall–Kier alpha value is -3.37. The SMILES string of the molecule is Fc1cc(-c2ccc(OCOCC3CO3)cc2)ccc1OCOc1ccc(OCOCC2CO2)cc1. The van der Waals surface area contributed by atoms with Crippen LogP contribution in [0, 0.1) is 5.82 Å². The van der Waals surface area contributed by atoms with Crippen molar-refractivity contribution in [1.29, 1.82) is 0 Å². The molecule has 190 valence electrons. The average molecular weight is 499 g/mol. The van der Waals surface area contributed by atoms with Crippen molar-refractivity contribution in [3.8, 4) is 34.1 Å². The van der Waals surface area contributed by atoms with E-state index in [4.69, 9.17) is 37.9 Å². The Bertz CT molecular complexity index is 1100. The molecule has 3 aromatic rings. The summed E-state index contributed by atoms with van der Waals surface area (Å²) in [5.41, 5.74) is 1.57. The van der Waals surface area contributed by atoms with Crippen LogP contribution in [0.4, 0.5) is 4.39 Å². The Morgan fingerprint density at radius 1 is 0.611 bits per heavy atom. The van der Waals surface area contributed by atoms with E-state index in [2.05, 4.69) is 0 Å². The largest absolute Gasteiger partial charge is 0.468 e. The van der Waals surface area contributed by atoms with Crippen LogP contribution in [0.25, 0.3) is 11.1 Å². The molecule has 0 radical (unpaired) electrons. The summed E-state index contributed by atoms with van der Waals surface area (Å²) in [6, 6.07) is 19.1. The number of halogens is 1. The molecule has 8 nitrogen and oxygen atoms in total. The lowest BCUT2D eigenvalue weighted by Gasteiger charge is -2.11. The lowest BCUT2D eigenvalue weighted by molar-refractivity contribution is 0.00806. The zero-order valence-electron chi connectivity index (χ0n) is 19.6. The van der Waals surface area contributed by atoms with Gasteiger partial charge < -0.3 is 37.9 Å². The smallest absolute Gasteiger partial charge is 0.231 e. The van der Waals surface area contributed by atoms with Crippen LogP contribution in [-0.4, -0.2) is 59.0 Å². The Labute approximate surface area is 208 Å². The van der Waals surface area contributed by atoms with Crippen LogP contribution in [0.3, 0.4) is 0 Å². The highest BCUT2D eigenvalue weighted by molar-refractivity contribution is 5.65. The van der Waals surface area contributed by atoms with Gasteiger partial charge in [0.1, 0.15) is 29.5 Å². The number of benzene rings is 3. The highest BCUT2D eigenvalue weighted by Crippen LogP contribution is 2.27. The number of hydrogen-bond donors (Lipinski definition) is 0. The lowest BCUT2D eigenvalue weighted by atomic mass is 10.1. The lowest BCUT2D eigenvalue weighted by Crippen LogP contribution is -2.08. The van der Waals surface area contributed by atoms with E-state index in [1.54, 1.807) is 36.4 Å². The van der Waals surface area contributed by atoms with Gasteiger partial charge in [-0.15, -0.1) is 0 Å². The van der Waals surface area contributed by atoms with Crippen molar-refractivity contribution in [3.05, 3.63) is 72.5 Å². The minimum absolute atomic E-state index is 0.104. The predicted octanol–water partition coefficient (Wildman–Crippen LogP) is 4.41. The summed E-state index contributed by atoms with van der Waals surface area (Å²) in [6.07, 6.45) is 0.407. The topological polar surface area (TPSA) is 80.4 Å². The van der Waals surface area contributed by atoms with E-state index in [0.29, 0.717) is 30.5 Å². The van der Waals surface area contributed by atoms with Gasteiger partial charge in [-0.1, -0.05) is 18.2 Å². The molecule has 2 atom stereocenters. The zero-order chi connectivity index (χ0) is 24.6. The predicted molar refractivity (Wildman–Crippen MR) is 127 cm³/mol.